The normalized spacial score (nSPS) is 12.9. The van der Waals surface area contributed by atoms with Gasteiger partial charge >= 0.3 is 0 Å². The average molecular weight is 239 g/mol. The fraction of sp³-hybridized carbons (Fsp3) is 0.200. The van der Waals surface area contributed by atoms with Gasteiger partial charge in [-0.15, -0.1) is 0 Å². The third kappa shape index (κ3) is 1.22. The van der Waals surface area contributed by atoms with Crippen molar-refractivity contribution in [3.8, 4) is 5.75 Å². The van der Waals surface area contributed by atoms with E-state index in [2.05, 4.69) is 17.6 Å². The largest absolute Gasteiger partial charge is 0.456 e. The summed E-state index contributed by atoms with van der Waals surface area (Å²) in [7, 11) is 0. The molecule has 2 aliphatic rings. The molecule has 0 fully saturated rings. The molecule has 3 heteroatoms. The van der Waals surface area contributed by atoms with Gasteiger partial charge in [-0.2, -0.15) is 5.48 Å². The minimum absolute atomic E-state index is 0.767. The maximum Gasteiger partial charge on any atom is 0.158 e. The van der Waals surface area contributed by atoms with Crippen LogP contribution >= 0.6 is 0 Å². The molecule has 90 valence electrons. The predicted molar refractivity (Wildman–Crippen MR) is 70.8 cm³/mol. The number of hydrogen-bond acceptors (Lipinski definition) is 3. The molecule has 0 unspecified atom stereocenters. The van der Waals surface area contributed by atoms with Crippen LogP contribution in [0.5, 0.6) is 5.75 Å². The van der Waals surface area contributed by atoms with Crippen LogP contribution in [0.3, 0.4) is 0 Å². The molecule has 0 saturated carbocycles. The van der Waals surface area contributed by atoms with E-state index in [-0.39, 0.29) is 0 Å². The zero-order valence-corrected chi connectivity index (χ0v) is 10.1. The monoisotopic (exact) mass is 239 g/mol. The van der Waals surface area contributed by atoms with Crippen LogP contribution in [0.1, 0.15) is 18.1 Å². The maximum atomic E-state index is 5.89. The van der Waals surface area contributed by atoms with Gasteiger partial charge in [0, 0.05) is 11.9 Å². The fourth-order valence-corrected chi connectivity index (χ4v) is 2.63. The zero-order chi connectivity index (χ0) is 12.1. The standard InChI is InChI=1S/C15H13NO2/c1-2-16-18-12-5-3-4-11-15(12)14-10-6-9(7-10)8-13(14)17-11/h3-6,8,16H,2,7H2,1H3. The molecule has 0 spiro atoms. The van der Waals surface area contributed by atoms with Crippen LogP contribution in [-0.2, 0) is 6.42 Å². The number of furan rings is 1. The van der Waals surface area contributed by atoms with Gasteiger partial charge in [0.05, 0.1) is 5.39 Å². The first-order valence-corrected chi connectivity index (χ1v) is 6.23. The Morgan fingerprint density at radius 1 is 1.22 bits per heavy atom. The van der Waals surface area contributed by atoms with Crippen LogP contribution in [0.25, 0.3) is 21.9 Å². The van der Waals surface area contributed by atoms with Gasteiger partial charge in [0.2, 0.25) is 0 Å². The predicted octanol–water partition coefficient (Wildman–Crippen LogP) is 3.39. The Kier molecular flexibility index (Phi) is 1.94. The summed E-state index contributed by atoms with van der Waals surface area (Å²) in [5.41, 5.74) is 7.47. The summed E-state index contributed by atoms with van der Waals surface area (Å²) in [6, 6.07) is 10.3. The molecular formula is C15H13NO2. The molecule has 3 nitrogen and oxygen atoms in total. The lowest BCUT2D eigenvalue weighted by molar-refractivity contribution is 0.205. The molecule has 2 aliphatic carbocycles. The van der Waals surface area contributed by atoms with Crippen LogP contribution in [0.4, 0.5) is 0 Å². The van der Waals surface area contributed by atoms with Crippen molar-refractivity contribution in [1.82, 2.24) is 5.48 Å². The summed E-state index contributed by atoms with van der Waals surface area (Å²) in [5.74, 6) is 0.837. The fourth-order valence-electron chi connectivity index (χ4n) is 2.63. The Bertz CT molecular complexity index is 758. The van der Waals surface area contributed by atoms with Gasteiger partial charge in [-0.05, 0) is 42.7 Å². The molecule has 1 N–H and O–H groups in total. The first kappa shape index (κ1) is 9.97. The van der Waals surface area contributed by atoms with E-state index in [0.717, 1.165) is 35.3 Å². The topological polar surface area (TPSA) is 34.4 Å². The lowest BCUT2D eigenvalue weighted by Crippen LogP contribution is -2.17. The van der Waals surface area contributed by atoms with Crippen LogP contribution in [0, 0.1) is 0 Å². The molecule has 0 radical (unpaired) electrons. The van der Waals surface area contributed by atoms with Gasteiger partial charge in [-0.25, -0.2) is 0 Å². The molecule has 2 aromatic carbocycles. The van der Waals surface area contributed by atoms with E-state index in [1.807, 2.05) is 25.1 Å². The minimum Gasteiger partial charge on any atom is -0.456 e. The second-order valence-electron chi connectivity index (χ2n) is 4.64. The number of fused-ring (bicyclic) bond motifs is 1. The summed E-state index contributed by atoms with van der Waals surface area (Å²) in [6.45, 7) is 2.78. The lowest BCUT2D eigenvalue weighted by atomic mass is 9.89. The number of nitrogens with one attached hydrogen (secondary N) is 1. The van der Waals surface area contributed by atoms with Crippen molar-refractivity contribution in [1.29, 1.82) is 0 Å². The van der Waals surface area contributed by atoms with E-state index in [1.165, 1.54) is 16.5 Å². The first-order valence-electron chi connectivity index (χ1n) is 6.23. The highest BCUT2D eigenvalue weighted by Crippen LogP contribution is 2.41. The summed E-state index contributed by atoms with van der Waals surface area (Å²) < 4.78 is 5.89. The Morgan fingerprint density at radius 2 is 2.11 bits per heavy atom. The number of hydrogen-bond donors (Lipinski definition) is 1. The molecule has 0 amide bonds. The molecule has 18 heavy (non-hydrogen) atoms. The van der Waals surface area contributed by atoms with Crippen LogP contribution < -0.4 is 10.3 Å². The summed E-state index contributed by atoms with van der Waals surface area (Å²) in [6.07, 6.45) is 1.05. The third-order valence-electron chi connectivity index (χ3n) is 3.42. The van der Waals surface area contributed by atoms with Crippen LogP contribution in [0.2, 0.25) is 0 Å². The number of rotatable bonds is 3. The van der Waals surface area contributed by atoms with E-state index in [4.69, 9.17) is 9.25 Å². The third-order valence-corrected chi connectivity index (χ3v) is 3.42. The van der Waals surface area contributed by atoms with Gasteiger partial charge in [0.25, 0.3) is 0 Å². The summed E-state index contributed by atoms with van der Waals surface area (Å²) in [5, 5.41) is 2.28. The SMILES string of the molecule is CCNOc1cccc2oc3cc4cc(c3c12)C4. The van der Waals surface area contributed by atoms with E-state index in [1.54, 1.807) is 0 Å². The molecule has 0 aliphatic heterocycles. The zero-order valence-electron chi connectivity index (χ0n) is 10.1. The Morgan fingerprint density at radius 3 is 2.94 bits per heavy atom. The van der Waals surface area contributed by atoms with Gasteiger partial charge in [-0.3, -0.25) is 0 Å². The van der Waals surface area contributed by atoms with Crippen molar-refractivity contribution < 1.29 is 9.25 Å². The van der Waals surface area contributed by atoms with Crippen molar-refractivity contribution in [2.24, 2.45) is 0 Å². The van der Waals surface area contributed by atoms with E-state index in [9.17, 15) is 0 Å². The van der Waals surface area contributed by atoms with Crippen molar-refractivity contribution >= 4 is 21.9 Å². The summed E-state index contributed by atoms with van der Waals surface area (Å²) in [4.78, 5) is 5.60. The first-order chi connectivity index (χ1) is 8.86. The molecule has 3 aromatic rings. The number of benzene rings is 2. The van der Waals surface area contributed by atoms with E-state index in [0.29, 0.717) is 0 Å². The van der Waals surface area contributed by atoms with Gasteiger partial charge in [0.1, 0.15) is 11.2 Å². The smallest absolute Gasteiger partial charge is 0.158 e. The lowest BCUT2D eigenvalue weighted by Gasteiger charge is -2.15. The summed E-state index contributed by atoms with van der Waals surface area (Å²) >= 11 is 0. The van der Waals surface area contributed by atoms with Gasteiger partial charge < -0.3 is 9.25 Å². The second kappa shape index (κ2) is 3.50. The molecular weight excluding hydrogens is 226 g/mol. The maximum absolute atomic E-state index is 5.89. The van der Waals surface area contributed by atoms with Crippen molar-refractivity contribution in [3.63, 3.8) is 0 Å². The average Bonchev–Trinajstić information content (AvgIpc) is 2.74. The van der Waals surface area contributed by atoms with Gasteiger partial charge in [0.15, 0.2) is 5.75 Å². The van der Waals surface area contributed by atoms with Crippen LogP contribution in [0.15, 0.2) is 34.7 Å². The van der Waals surface area contributed by atoms with Crippen molar-refractivity contribution in [3.05, 3.63) is 41.5 Å². The van der Waals surface area contributed by atoms with E-state index >= 15 is 0 Å². The highest BCUT2D eigenvalue weighted by Gasteiger charge is 2.21. The molecule has 1 heterocycles. The Hall–Kier alpha value is -2.00. The Labute approximate surface area is 104 Å². The van der Waals surface area contributed by atoms with Crippen molar-refractivity contribution in [2.45, 2.75) is 13.3 Å². The van der Waals surface area contributed by atoms with E-state index < -0.39 is 0 Å². The Balaban J connectivity index is 2.04. The van der Waals surface area contributed by atoms with Crippen molar-refractivity contribution in [2.75, 3.05) is 6.54 Å². The highest BCUT2D eigenvalue weighted by atomic mass is 16.6. The minimum atomic E-state index is 0.767. The molecule has 2 bridgehead atoms. The quantitative estimate of drug-likeness (QED) is 0.556. The molecule has 0 saturated heterocycles. The molecule has 0 atom stereocenters. The van der Waals surface area contributed by atoms with Crippen LogP contribution in [-0.4, -0.2) is 6.54 Å². The second-order valence-corrected chi connectivity index (χ2v) is 4.64. The highest BCUT2D eigenvalue weighted by molar-refractivity contribution is 6.11. The van der Waals surface area contributed by atoms with Gasteiger partial charge in [-0.1, -0.05) is 12.1 Å². The molecule has 1 aromatic heterocycles. The molecule has 5 rings (SSSR count). The number of hydroxylamine groups is 1.